The summed E-state index contributed by atoms with van der Waals surface area (Å²) in [4.78, 5) is 85.8. The summed E-state index contributed by atoms with van der Waals surface area (Å²) in [6.07, 6.45) is 0.0290. The van der Waals surface area contributed by atoms with Gasteiger partial charge in [0.15, 0.2) is 17.4 Å². The minimum absolute atomic E-state index is 0.0518. The van der Waals surface area contributed by atoms with Crippen LogP contribution in [0.1, 0.15) is 88.3 Å². The van der Waals surface area contributed by atoms with Crippen molar-refractivity contribution in [2.75, 3.05) is 123 Å². The molecule has 3 aliphatic rings. The molecule has 0 saturated carbocycles. The van der Waals surface area contributed by atoms with Gasteiger partial charge in [-0.3, -0.25) is 29.1 Å². The molecule has 6 amide bonds. The predicted molar refractivity (Wildman–Crippen MR) is 343 cm³/mol. The Kier molecular flexibility index (Phi) is 24.0. The molecule has 2 saturated heterocycles. The SMILES string of the molecule is COc1ccc(C2=N[C@@H](c3ccc(Cl)cc3)[C@@H](c3ccc(Cl)cc3)N2C(=O)N2CCN(CCOCCOCCOCCOCCC(=O)N3CCN(C(=O)c4ccc(NC(=O)c5cnc(N)c(O[C@H](C)c6c(F)ccc(Cl)c6F)c5)cc4)CC3)C(=O)C2)c(OC(C)C)c1. The van der Waals surface area contributed by atoms with Crippen molar-refractivity contribution in [1.82, 2.24) is 29.5 Å². The van der Waals surface area contributed by atoms with Gasteiger partial charge in [-0.05, 0) is 111 Å². The third-order valence-corrected chi connectivity index (χ3v) is 16.2. The number of urea groups is 1. The van der Waals surface area contributed by atoms with E-state index in [2.05, 4.69) is 10.3 Å². The van der Waals surface area contributed by atoms with Gasteiger partial charge in [0.25, 0.3) is 11.8 Å². The molecule has 0 unspecified atom stereocenters. The van der Waals surface area contributed by atoms with Gasteiger partial charge in [-0.15, -0.1) is 0 Å². The molecule has 3 atom stereocenters. The molecule has 9 rings (SSSR count). The van der Waals surface area contributed by atoms with E-state index in [1.165, 1.54) is 19.2 Å². The maximum Gasteiger partial charge on any atom is 0.326 e. The Morgan fingerprint density at radius 1 is 0.674 bits per heavy atom. The van der Waals surface area contributed by atoms with Crippen molar-refractivity contribution in [2.45, 2.75) is 51.5 Å². The maximum absolute atomic E-state index is 15.1. The number of hydrogen-bond donors (Lipinski definition) is 2. The molecule has 92 heavy (non-hydrogen) atoms. The summed E-state index contributed by atoms with van der Waals surface area (Å²) in [5.74, 6) is -1.68. The molecular formula is C66H72Cl3F2N9O12. The van der Waals surface area contributed by atoms with Crippen LogP contribution in [0.3, 0.4) is 0 Å². The summed E-state index contributed by atoms with van der Waals surface area (Å²) < 4.78 is 69.4. The average Bonchev–Trinajstić information content (AvgIpc) is 1.59. The zero-order valence-corrected chi connectivity index (χ0v) is 53.6. The number of nitrogens with two attached hydrogens (primary N) is 1. The molecule has 1 aromatic heterocycles. The van der Waals surface area contributed by atoms with Gasteiger partial charge in [0, 0.05) is 79.4 Å². The molecule has 5 aromatic carbocycles. The minimum Gasteiger partial charge on any atom is -0.497 e. The first kappa shape index (κ1) is 68.2. The highest BCUT2D eigenvalue weighted by Gasteiger charge is 2.46. The summed E-state index contributed by atoms with van der Waals surface area (Å²) >= 11 is 18.6. The fourth-order valence-electron chi connectivity index (χ4n) is 10.6. The van der Waals surface area contributed by atoms with Crippen molar-refractivity contribution in [1.29, 1.82) is 0 Å². The van der Waals surface area contributed by atoms with E-state index in [0.717, 1.165) is 23.3 Å². The number of anilines is 2. The lowest BCUT2D eigenvalue weighted by molar-refractivity contribution is -0.136. The molecule has 6 aromatic rings. The lowest BCUT2D eigenvalue weighted by Crippen LogP contribution is -2.56. The molecule has 21 nitrogen and oxygen atoms in total. The number of ether oxygens (including phenoxy) is 7. The number of amidine groups is 1. The normalized spacial score (nSPS) is 16.2. The standard InChI is InChI=1S/C66H72Cl3F2N9O12/c1-41(2)91-54-38-50(86-4)17-18-51(54)63-75-60(43-5-11-47(67)12-6-43)61(44-7-13-48(68)14-8-44)80(63)66(85)79-27-24-77(57(82)40-79)28-30-88-32-34-90-36-35-89-33-31-87-29-21-56(81)76-22-25-78(26-23-76)65(84)45-9-15-49(16-10-45)74-64(83)46-37-55(62(72)73-39-46)92-42(3)58-53(70)20-19-52(69)59(58)71/h5-20,37-39,41-42,60-61H,21-36,40H2,1-4H3,(H2,72,73)(H,74,83)/t42-,60+,61-/m1/s1. The number of carbonyl (C=O) groups excluding carboxylic acids is 5. The molecule has 488 valence electrons. The van der Waals surface area contributed by atoms with Crippen LogP contribution in [0.25, 0.3) is 0 Å². The van der Waals surface area contributed by atoms with Gasteiger partial charge in [0.2, 0.25) is 11.8 Å². The van der Waals surface area contributed by atoms with Crippen molar-refractivity contribution in [2.24, 2.45) is 4.99 Å². The van der Waals surface area contributed by atoms with Gasteiger partial charge in [0.05, 0.1) is 100 Å². The first-order valence-electron chi connectivity index (χ1n) is 30.0. The van der Waals surface area contributed by atoms with E-state index in [1.54, 1.807) is 92.3 Å². The zero-order valence-electron chi connectivity index (χ0n) is 51.3. The van der Waals surface area contributed by atoms with E-state index in [0.29, 0.717) is 116 Å². The van der Waals surface area contributed by atoms with Crippen LogP contribution in [-0.4, -0.2) is 183 Å². The van der Waals surface area contributed by atoms with E-state index in [-0.39, 0.29) is 91.3 Å². The van der Waals surface area contributed by atoms with Crippen LogP contribution in [0.2, 0.25) is 15.1 Å². The third-order valence-electron chi connectivity index (χ3n) is 15.4. The Morgan fingerprint density at radius 3 is 1.91 bits per heavy atom. The zero-order chi connectivity index (χ0) is 65.4. The number of benzene rings is 5. The Labute approximate surface area is 547 Å². The first-order valence-corrected chi connectivity index (χ1v) is 31.2. The highest BCUT2D eigenvalue weighted by atomic mass is 35.5. The fourth-order valence-corrected chi connectivity index (χ4v) is 11.0. The third kappa shape index (κ3) is 17.5. The van der Waals surface area contributed by atoms with Crippen molar-refractivity contribution in [3.05, 3.63) is 175 Å². The largest absolute Gasteiger partial charge is 0.497 e. The summed E-state index contributed by atoms with van der Waals surface area (Å²) in [5.41, 5.74) is 8.58. The maximum atomic E-state index is 15.1. The topological polar surface area (TPSA) is 229 Å². The minimum atomic E-state index is -1.17. The summed E-state index contributed by atoms with van der Waals surface area (Å²) in [6.45, 7) is 9.73. The summed E-state index contributed by atoms with van der Waals surface area (Å²) in [7, 11) is 1.57. The van der Waals surface area contributed by atoms with E-state index in [9.17, 15) is 28.0 Å². The molecule has 3 aliphatic heterocycles. The lowest BCUT2D eigenvalue weighted by Gasteiger charge is -2.38. The van der Waals surface area contributed by atoms with Crippen LogP contribution in [0.4, 0.5) is 25.1 Å². The number of halogens is 5. The van der Waals surface area contributed by atoms with Crippen molar-refractivity contribution < 1.29 is 65.9 Å². The Morgan fingerprint density at radius 2 is 1.28 bits per heavy atom. The highest BCUT2D eigenvalue weighted by Crippen LogP contribution is 2.46. The van der Waals surface area contributed by atoms with Crippen LogP contribution in [-0.2, 0) is 28.5 Å². The first-order chi connectivity index (χ1) is 44.4. The second kappa shape index (κ2) is 32.4. The van der Waals surface area contributed by atoms with E-state index in [4.69, 9.17) is 78.7 Å². The van der Waals surface area contributed by atoms with Gasteiger partial charge >= 0.3 is 6.03 Å². The average molecular weight is 1330 g/mol. The predicted octanol–water partition coefficient (Wildman–Crippen LogP) is 10.3. The Hall–Kier alpha value is -8.16. The van der Waals surface area contributed by atoms with Crippen molar-refractivity contribution >= 4 is 81.8 Å². The number of pyridine rings is 1. The number of hydrogen-bond acceptors (Lipinski definition) is 15. The molecule has 4 heterocycles. The van der Waals surface area contributed by atoms with Crippen molar-refractivity contribution in [3.8, 4) is 17.2 Å². The smallest absolute Gasteiger partial charge is 0.326 e. The van der Waals surface area contributed by atoms with Gasteiger partial charge < -0.3 is 63.8 Å². The monoisotopic (exact) mass is 1330 g/mol. The number of carbonyl (C=O) groups is 5. The van der Waals surface area contributed by atoms with E-state index >= 15 is 4.79 Å². The molecule has 0 aliphatic carbocycles. The quantitative estimate of drug-likeness (QED) is 0.0361. The number of nitrogens with one attached hydrogen (secondary N) is 1. The molecule has 0 bridgehead atoms. The number of aromatic nitrogens is 1. The number of methoxy groups -OCH3 is 1. The number of amides is 6. The highest BCUT2D eigenvalue weighted by molar-refractivity contribution is 6.31. The van der Waals surface area contributed by atoms with Gasteiger partial charge in [-0.1, -0.05) is 59.1 Å². The second-order valence-electron chi connectivity index (χ2n) is 22.0. The van der Waals surface area contributed by atoms with Crippen LogP contribution in [0, 0.1) is 11.6 Å². The van der Waals surface area contributed by atoms with Crippen molar-refractivity contribution in [3.63, 3.8) is 0 Å². The summed E-state index contributed by atoms with van der Waals surface area (Å²) in [6, 6.07) is 28.3. The van der Waals surface area contributed by atoms with E-state index < -0.39 is 41.3 Å². The Balaban J connectivity index is 0.630. The van der Waals surface area contributed by atoms with E-state index in [1.807, 2.05) is 44.2 Å². The van der Waals surface area contributed by atoms with Crippen LogP contribution in [0.5, 0.6) is 17.2 Å². The number of rotatable bonds is 27. The number of nitrogens with zero attached hydrogens (tertiary/aromatic N) is 7. The molecule has 26 heteroatoms. The number of nitrogen functional groups attached to an aromatic ring is 1. The van der Waals surface area contributed by atoms with Gasteiger partial charge in [-0.2, -0.15) is 0 Å². The molecule has 0 spiro atoms. The number of aliphatic imine (C=N–C) groups is 1. The second-order valence-corrected chi connectivity index (χ2v) is 23.2. The molecule has 0 radical (unpaired) electrons. The lowest BCUT2D eigenvalue weighted by atomic mass is 9.93. The Bertz CT molecular complexity index is 3590. The van der Waals surface area contributed by atoms with Gasteiger partial charge in [0.1, 0.15) is 41.8 Å². The van der Waals surface area contributed by atoms with Crippen LogP contribution >= 0.6 is 34.8 Å². The van der Waals surface area contributed by atoms with Crippen LogP contribution in [0.15, 0.2) is 120 Å². The fraction of sp³-hybridized carbons (Fsp3) is 0.379. The molecule has 2 fully saturated rings. The molecular weight excluding hydrogens is 1260 g/mol. The van der Waals surface area contributed by atoms with Gasteiger partial charge in [-0.25, -0.2) is 18.6 Å². The summed E-state index contributed by atoms with van der Waals surface area (Å²) in [5, 5.41) is 3.54. The number of piperazine rings is 2. The molecule has 3 N–H and O–H groups in total. The van der Waals surface area contributed by atoms with Crippen LogP contribution < -0.4 is 25.3 Å².